The molecule has 2 rings (SSSR count). The number of hydrogen-bond acceptors (Lipinski definition) is 2. The molecule has 100 valence electrons. The van der Waals surface area contributed by atoms with Gasteiger partial charge in [-0.1, -0.05) is 26.2 Å². The summed E-state index contributed by atoms with van der Waals surface area (Å²) >= 11 is 0. The topological polar surface area (TPSA) is 15.3 Å². The summed E-state index contributed by atoms with van der Waals surface area (Å²) in [5.74, 6) is 0.766. The summed E-state index contributed by atoms with van der Waals surface area (Å²) < 4.78 is 0. The van der Waals surface area contributed by atoms with E-state index in [0.29, 0.717) is 6.04 Å². The van der Waals surface area contributed by atoms with Crippen LogP contribution in [-0.2, 0) is 0 Å². The Labute approximate surface area is 107 Å². The van der Waals surface area contributed by atoms with Crippen LogP contribution in [0.4, 0.5) is 0 Å². The number of nitrogens with zero attached hydrogens (tertiary/aromatic N) is 1. The van der Waals surface area contributed by atoms with Gasteiger partial charge in [-0.15, -0.1) is 0 Å². The number of nitrogens with one attached hydrogen (secondary N) is 1. The fraction of sp³-hybridized carbons (Fsp3) is 1.00. The number of hydrogen-bond donors (Lipinski definition) is 1. The van der Waals surface area contributed by atoms with Crippen LogP contribution in [0.15, 0.2) is 0 Å². The predicted octanol–water partition coefficient (Wildman–Crippen LogP) is 3.03. The summed E-state index contributed by atoms with van der Waals surface area (Å²) in [6.45, 7) is 6.01. The SMILES string of the molecule is CC(CNC1CC1)C(C)N(C)C1CCCCC1. The molecule has 2 saturated carbocycles. The second-order valence-corrected chi connectivity index (χ2v) is 6.36. The first kappa shape index (κ1) is 13.4. The minimum Gasteiger partial charge on any atom is -0.314 e. The van der Waals surface area contributed by atoms with Gasteiger partial charge >= 0.3 is 0 Å². The molecule has 2 aliphatic carbocycles. The zero-order valence-corrected chi connectivity index (χ0v) is 11.9. The van der Waals surface area contributed by atoms with Gasteiger partial charge in [0.2, 0.25) is 0 Å². The van der Waals surface area contributed by atoms with E-state index in [9.17, 15) is 0 Å². The third-order valence-corrected chi connectivity index (χ3v) is 4.92. The first-order valence-corrected chi connectivity index (χ1v) is 7.64. The highest BCUT2D eigenvalue weighted by atomic mass is 15.2. The van der Waals surface area contributed by atoms with E-state index in [0.717, 1.165) is 18.0 Å². The van der Waals surface area contributed by atoms with Crippen LogP contribution in [0.2, 0.25) is 0 Å². The molecule has 17 heavy (non-hydrogen) atoms. The summed E-state index contributed by atoms with van der Waals surface area (Å²) in [6, 6.07) is 2.41. The molecule has 2 atom stereocenters. The third-order valence-electron chi connectivity index (χ3n) is 4.92. The van der Waals surface area contributed by atoms with Crippen LogP contribution in [0.3, 0.4) is 0 Å². The largest absolute Gasteiger partial charge is 0.314 e. The maximum Gasteiger partial charge on any atom is 0.0105 e. The van der Waals surface area contributed by atoms with Gasteiger partial charge in [-0.05, 0) is 52.1 Å². The van der Waals surface area contributed by atoms with Crippen LogP contribution in [0.1, 0.15) is 58.8 Å². The zero-order valence-electron chi connectivity index (χ0n) is 11.9. The van der Waals surface area contributed by atoms with E-state index in [1.807, 2.05) is 0 Å². The van der Waals surface area contributed by atoms with Gasteiger partial charge in [0.1, 0.15) is 0 Å². The smallest absolute Gasteiger partial charge is 0.0105 e. The molecule has 0 aromatic rings. The van der Waals surface area contributed by atoms with Gasteiger partial charge in [-0.25, -0.2) is 0 Å². The van der Waals surface area contributed by atoms with Crippen LogP contribution in [0, 0.1) is 5.92 Å². The van der Waals surface area contributed by atoms with E-state index < -0.39 is 0 Å². The molecule has 0 amide bonds. The number of rotatable bonds is 6. The van der Waals surface area contributed by atoms with Crippen molar-refractivity contribution in [2.75, 3.05) is 13.6 Å². The van der Waals surface area contributed by atoms with Gasteiger partial charge in [0.05, 0.1) is 0 Å². The predicted molar refractivity (Wildman–Crippen MR) is 74.3 cm³/mol. The molecule has 0 radical (unpaired) electrons. The summed E-state index contributed by atoms with van der Waals surface area (Å²) in [4.78, 5) is 2.65. The summed E-state index contributed by atoms with van der Waals surface area (Å²) in [5, 5.41) is 3.67. The van der Waals surface area contributed by atoms with Crippen molar-refractivity contribution >= 4 is 0 Å². The Hall–Kier alpha value is -0.0800. The maximum atomic E-state index is 3.67. The second kappa shape index (κ2) is 6.19. The lowest BCUT2D eigenvalue weighted by atomic mass is 9.91. The van der Waals surface area contributed by atoms with Gasteiger partial charge in [-0.3, -0.25) is 0 Å². The minimum atomic E-state index is 0.712. The molecular weight excluding hydrogens is 208 g/mol. The van der Waals surface area contributed by atoms with E-state index in [-0.39, 0.29) is 0 Å². The van der Waals surface area contributed by atoms with Gasteiger partial charge in [-0.2, -0.15) is 0 Å². The van der Waals surface area contributed by atoms with Gasteiger partial charge < -0.3 is 10.2 Å². The highest BCUT2D eigenvalue weighted by Crippen LogP contribution is 2.25. The van der Waals surface area contributed by atoms with E-state index in [1.165, 1.54) is 51.5 Å². The summed E-state index contributed by atoms with van der Waals surface area (Å²) in [6.07, 6.45) is 9.98. The Kier molecular flexibility index (Phi) is 4.87. The molecular formula is C15H30N2. The Morgan fingerprint density at radius 3 is 2.29 bits per heavy atom. The van der Waals surface area contributed by atoms with E-state index >= 15 is 0 Å². The van der Waals surface area contributed by atoms with Crippen LogP contribution >= 0.6 is 0 Å². The van der Waals surface area contributed by atoms with Gasteiger partial charge in [0.15, 0.2) is 0 Å². The maximum absolute atomic E-state index is 3.67. The van der Waals surface area contributed by atoms with Gasteiger partial charge in [0, 0.05) is 18.1 Å². The minimum absolute atomic E-state index is 0.712. The Morgan fingerprint density at radius 1 is 1.06 bits per heavy atom. The highest BCUT2D eigenvalue weighted by molar-refractivity contribution is 4.84. The van der Waals surface area contributed by atoms with Crippen LogP contribution < -0.4 is 5.32 Å². The summed E-state index contributed by atoms with van der Waals surface area (Å²) in [5.41, 5.74) is 0. The molecule has 2 fully saturated rings. The summed E-state index contributed by atoms with van der Waals surface area (Å²) in [7, 11) is 2.34. The fourth-order valence-corrected chi connectivity index (χ4v) is 3.03. The monoisotopic (exact) mass is 238 g/mol. The molecule has 2 heteroatoms. The van der Waals surface area contributed by atoms with E-state index in [1.54, 1.807) is 0 Å². The molecule has 0 heterocycles. The van der Waals surface area contributed by atoms with Crippen molar-refractivity contribution < 1.29 is 0 Å². The first-order chi connectivity index (χ1) is 8.18. The molecule has 2 nitrogen and oxygen atoms in total. The van der Waals surface area contributed by atoms with Crippen molar-refractivity contribution in [3.8, 4) is 0 Å². The van der Waals surface area contributed by atoms with Crippen molar-refractivity contribution in [1.29, 1.82) is 0 Å². The molecule has 0 saturated heterocycles. The Bertz CT molecular complexity index is 219. The zero-order chi connectivity index (χ0) is 12.3. The van der Waals surface area contributed by atoms with Crippen molar-refractivity contribution in [1.82, 2.24) is 10.2 Å². The molecule has 2 unspecified atom stereocenters. The van der Waals surface area contributed by atoms with Crippen LogP contribution in [-0.4, -0.2) is 36.6 Å². The van der Waals surface area contributed by atoms with Crippen molar-refractivity contribution in [2.24, 2.45) is 5.92 Å². The molecule has 0 aliphatic heterocycles. The van der Waals surface area contributed by atoms with E-state index in [4.69, 9.17) is 0 Å². The lowest BCUT2D eigenvalue weighted by Crippen LogP contribution is -2.45. The first-order valence-electron chi connectivity index (χ1n) is 7.64. The van der Waals surface area contributed by atoms with Crippen molar-refractivity contribution in [2.45, 2.75) is 76.9 Å². The fourth-order valence-electron chi connectivity index (χ4n) is 3.03. The highest BCUT2D eigenvalue weighted by Gasteiger charge is 2.27. The van der Waals surface area contributed by atoms with Crippen LogP contribution in [0.5, 0.6) is 0 Å². The Balaban J connectivity index is 1.73. The molecule has 1 N–H and O–H groups in total. The van der Waals surface area contributed by atoms with Gasteiger partial charge in [0.25, 0.3) is 0 Å². The Morgan fingerprint density at radius 2 is 1.71 bits per heavy atom. The molecule has 0 bridgehead atoms. The van der Waals surface area contributed by atoms with Crippen LogP contribution in [0.25, 0.3) is 0 Å². The average Bonchev–Trinajstić information content (AvgIpc) is 3.19. The average molecular weight is 238 g/mol. The van der Waals surface area contributed by atoms with Crippen molar-refractivity contribution in [3.05, 3.63) is 0 Å². The molecule has 0 spiro atoms. The lowest BCUT2D eigenvalue weighted by Gasteiger charge is -2.38. The normalized spacial score (nSPS) is 26.1. The second-order valence-electron chi connectivity index (χ2n) is 6.36. The molecule has 0 aromatic heterocycles. The van der Waals surface area contributed by atoms with E-state index in [2.05, 4.69) is 31.1 Å². The molecule has 2 aliphatic rings. The molecule has 0 aromatic carbocycles. The van der Waals surface area contributed by atoms with Crippen molar-refractivity contribution in [3.63, 3.8) is 0 Å². The standard InChI is InChI=1S/C15H30N2/c1-12(11-16-14-9-10-14)13(2)17(3)15-7-5-4-6-8-15/h12-16H,4-11H2,1-3H3. The lowest BCUT2D eigenvalue weighted by molar-refractivity contribution is 0.113. The quantitative estimate of drug-likeness (QED) is 0.765. The third kappa shape index (κ3) is 3.96.